The number of nitrogens with two attached hydrogens (primary N) is 1. The van der Waals surface area contributed by atoms with Gasteiger partial charge in [0.1, 0.15) is 0 Å². The zero-order chi connectivity index (χ0) is 14.0. The molecule has 0 aliphatic rings. The van der Waals surface area contributed by atoms with Crippen LogP contribution in [-0.2, 0) is 4.74 Å². The molecule has 0 amide bonds. The Bertz CT molecular complexity index is 627. The minimum atomic E-state index is -0.628. The van der Waals surface area contributed by atoms with Crippen LogP contribution in [0.1, 0.15) is 17.4 Å². The molecule has 8 heteroatoms. The van der Waals surface area contributed by atoms with Crippen LogP contribution in [0.4, 0.5) is 5.82 Å². The summed E-state index contributed by atoms with van der Waals surface area (Å²) < 4.78 is 6.07. The Hall–Kier alpha value is -1.79. The number of anilines is 1. The Kier molecular flexibility index (Phi) is 3.92. The molecule has 0 spiro atoms. The number of hydrogen-bond acceptors (Lipinski definition) is 5. The summed E-state index contributed by atoms with van der Waals surface area (Å²) in [5, 5.41) is 8.32. The Morgan fingerprint density at radius 2 is 2.21 bits per heavy atom. The third kappa shape index (κ3) is 2.64. The van der Waals surface area contributed by atoms with E-state index < -0.39 is 5.97 Å². The van der Waals surface area contributed by atoms with Crippen molar-refractivity contribution in [3.63, 3.8) is 0 Å². The standard InChI is InChI=1S/C11H10Cl2N4O2/c1-2-19-11(18)9-10(14)17(16-15-9)8-4-3-6(12)5-7(8)13/h3-5H,2,14H2,1H3. The van der Waals surface area contributed by atoms with Crippen LogP contribution in [0.2, 0.25) is 10.0 Å². The van der Waals surface area contributed by atoms with Crippen molar-refractivity contribution in [2.24, 2.45) is 0 Å². The van der Waals surface area contributed by atoms with E-state index in [1.807, 2.05) is 0 Å². The van der Waals surface area contributed by atoms with Crippen molar-refractivity contribution in [2.45, 2.75) is 6.92 Å². The first-order chi connectivity index (χ1) is 9.04. The molecular formula is C11H10Cl2N4O2. The van der Waals surface area contributed by atoms with Crippen LogP contribution < -0.4 is 5.73 Å². The summed E-state index contributed by atoms with van der Waals surface area (Å²) in [6.07, 6.45) is 0. The van der Waals surface area contributed by atoms with Crippen molar-refractivity contribution in [1.82, 2.24) is 15.0 Å². The van der Waals surface area contributed by atoms with Gasteiger partial charge in [-0.2, -0.15) is 4.68 Å². The lowest BCUT2D eigenvalue weighted by Gasteiger charge is -2.05. The smallest absolute Gasteiger partial charge is 0.362 e. The number of ether oxygens (including phenoxy) is 1. The molecule has 0 bridgehead atoms. The number of benzene rings is 1. The summed E-state index contributed by atoms with van der Waals surface area (Å²) in [6.45, 7) is 1.92. The number of rotatable bonds is 3. The Morgan fingerprint density at radius 1 is 1.47 bits per heavy atom. The minimum absolute atomic E-state index is 0.0483. The van der Waals surface area contributed by atoms with Crippen LogP contribution in [0, 0.1) is 0 Å². The minimum Gasteiger partial charge on any atom is -0.461 e. The molecule has 0 fully saturated rings. The molecule has 0 atom stereocenters. The number of nitrogen functional groups attached to an aromatic ring is 1. The first kappa shape index (κ1) is 13.6. The fourth-order valence-corrected chi connectivity index (χ4v) is 1.95. The van der Waals surface area contributed by atoms with Crippen molar-refractivity contribution in [1.29, 1.82) is 0 Å². The fraction of sp³-hybridized carbons (Fsp3) is 0.182. The molecular weight excluding hydrogens is 291 g/mol. The third-order valence-corrected chi connectivity index (χ3v) is 2.85. The lowest BCUT2D eigenvalue weighted by Crippen LogP contribution is -2.09. The van der Waals surface area contributed by atoms with Gasteiger partial charge in [-0.25, -0.2) is 4.79 Å². The van der Waals surface area contributed by atoms with Crippen LogP contribution in [0.3, 0.4) is 0 Å². The number of carbonyl (C=O) groups excluding carboxylic acids is 1. The molecule has 1 aromatic carbocycles. The van der Waals surface area contributed by atoms with E-state index in [1.165, 1.54) is 4.68 Å². The zero-order valence-electron chi connectivity index (χ0n) is 9.93. The van der Waals surface area contributed by atoms with Crippen molar-refractivity contribution in [3.05, 3.63) is 33.9 Å². The van der Waals surface area contributed by atoms with Crippen LogP contribution >= 0.6 is 23.2 Å². The van der Waals surface area contributed by atoms with E-state index in [0.717, 1.165) is 0 Å². The molecule has 0 unspecified atom stereocenters. The number of aromatic nitrogens is 3. The number of hydrogen-bond donors (Lipinski definition) is 1. The van der Waals surface area contributed by atoms with E-state index in [1.54, 1.807) is 25.1 Å². The van der Waals surface area contributed by atoms with Crippen LogP contribution in [0.15, 0.2) is 18.2 Å². The normalized spacial score (nSPS) is 10.5. The monoisotopic (exact) mass is 300 g/mol. The lowest BCUT2D eigenvalue weighted by molar-refractivity contribution is 0.0520. The van der Waals surface area contributed by atoms with Crippen LogP contribution in [0.25, 0.3) is 5.69 Å². The molecule has 2 N–H and O–H groups in total. The summed E-state index contributed by atoms with van der Waals surface area (Å²) in [7, 11) is 0. The van der Waals surface area contributed by atoms with Crippen LogP contribution in [-0.4, -0.2) is 27.6 Å². The van der Waals surface area contributed by atoms with Gasteiger partial charge in [-0.05, 0) is 25.1 Å². The Balaban J connectivity index is 2.44. The van der Waals surface area contributed by atoms with Crippen molar-refractivity contribution < 1.29 is 9.53 Å². The second-order valence-corrected chi connectivity index (χ2v) is 4.39. The van der Waals surface area contributed by atoms with Gasteiger partial charge in [0.25, 0.3) is 0 Å². The maximum Gasteiger partial charge on any atom is 0.362 e. The number of halogens is 2. The molecule has 2 rings (SSSR count). The molecule has 1 aromatic heterocycles. The van der Waals surface area contributed by atoms with Gasteiger partial charge in [-0.15, -0.1) is 5.10 Å². The molecule has 1 heterocycles. The molecule has 0 aliphatic heterocycles. The number of nitrogens with zero attached hydrogens (tertiary/aromatic N) is 3. The molecule has 6 nitrogen and oxygen atoms in total. The topological polar surface area (TPSA) is 83.0 Å². The van der Waals surface area contributed by atoms with Gasteiger partial charge in [0, 0.05) is 5.02 Å². The van der Waals surface area contributed by atoms with Gasteiger partial charge in [-0.3, -0.25) is 0 Å². The van der Waals surface area contributed by atoms with Crippen molar-refractivity contribution in [3.8, 4) is 5.69 Å². The fourth-order valence-electron chi connectivity index (χ4n) is 1.46. The largest absolute Gasteiger partial charge is 0.461 e. The zero-order valence-corrected chi connectivity index (χ0v) is 11.4. The second-order valence-electron chi connectivity index (χ2n) is 3.55. The van der Waals surface area contributed by atoms with Gasteiger partial charge in [0.15, 0.2) is 5.82 Å². The van der Waals surface area contributed by atoms with E-state index >= 15 is 0 Å². The van der Waals surface area contributed by atoms with Crippen LogP contribution in [0.5, 0.6) is 0 Å². The maximum atomic E-state index is 11.6. The predicted octanol–water partition coefficient (Wildman–Crippen LogP) is 2.33. The molecule has 0 aliphatic carbocycles. The number of esters is 1. The maximum absolute atomic E-state index is 11.6. The van der Waals surface area contributed by atoms with Gasteiger partial charge >= 0.3 is 5.97 Å². The molecule has 19 heavy (non-hydrogen) atoms. The first-order valence-corrected chi connectivity index (χ1v) is 6.14. The lowest BCUT2D eigenvalue weighted by atomic mass is 10.3. The Morgan fingerprint density at radius 3 is 2.84 bits per heavy atom. The average Bonchev–Trinajstić information content (AvgIpc) is 2.72. The van der Waals surface area contributed by atoms with Crippen molar-refractivity contribution >= 4 is 35.0 Å². The highest BCUT2D eigenvalue weighted by Crippen LogP contribution is 2.26. The highest BCUT2D eigenvalue weighted by atomic mass is 35.5. The third-order valence-electron chi connectivity index (χ3n) is 2.31. The Labute approximate surface area is 119 Å². The first-order valence-electron chi connectivity index (χ1n) is 5.38. The molecule has 0 radical (unpaired) electrons. The summed E-state index contributed by atoms with van der Waals surface area (Å²) >= 11 is 11.8. The number of carbonyl (C=O) groups is 1. The molecule has 2 aromatic rings. The van der Waals surface area contributed by atoms with Gasteiger partial charge in [0.2, 0.25) is 5.69 Å². The highest BCUT2D eigenvalue weighted by molar-refractivity contribution is 6.35. The van der Waals surface area contributed by atoms with Crippen molar-refractivity contribution in [2.75, 3.05) is 12.3 Å². The summed E-state index contributed by atoms with van der Waals surface area (Å²) in [5.41, 5.74) is 6.25. The van der Waals surface area contributed by atoms with Gasteiger partial charge < -0.3 is 10.5 Å². The molecule has 0 saturated heterocycles. The highest BCUT2D eigenvalue weighted by Gasteiger charge is 2.20. The summed E-state index contributed by atoms with van der Waals surface area (Å²) in [5.74, 6) is -0.570. The average molecular weight is 301 g/mol. The second kappa shape index (κ2) is 5.46. The summed E-state index contributed by atoms with van der Waals surface area (Å²) in [6, 6.07) is 4.81. The quantitative estimate of drug-likeness (QED) is 0.880. The molecule has 0 saturated carbocycles. The van der Waals surface area contributed by atoms with Gasteiger partial charge in [0.05, 0.1) is 17.3 Å². The molecule has 100 valence electrons. The van der Waals surface area contributed by atoms with E-state index in [4.69, 9.17) is 33.7 Å². The summed E-state index contributed by atoms with van der Waals surface area (Å²) in [4.78, 5) is 11.6. The van der Waals surface area contributed by atoms with E-state index in [-0.39, 0.29) is 18.1 Å². The van der Waals surface area contributed by atoms with E-state index in [2.05, 4.69) is 10.3 Å². The van der Waals surface area contributed by atoms with E-state index in [9.17, 15) is 4.79 Å². The van der Waals surface area contributed by atoms with Gasteiger partial charge in [-0.1, -0.05) is 28.4 Å². The predicted molar refractivity (Wildman–Crippen MR) is 71.7 cm³/mol. The van der Waals surface area contributed by atoms with E-state index in [0.29, 0.717) is 15.7 Å². The SMILES string of the molecule is CCOC(=O)c1nnn(-c2ccc(Cl)cc2Cl)c1N.